The molecule has 6 heteroatoms. The number of benzene rings is 1. The summed E-state index contributed by atoms with van der Waals surface area (Å²) in [5, 5.41) is 2.85. The van der Waals surface area contributed by atoms with Gasteiger partial charge in [0.25, 0.3) is 0 Å². The van der Waals surface area contributed by atoms with E-state index < -0.39 is 0 Å². The molecule has 1 aliphatic rings. The van der Waals surface area contributed by atoms with Crippen molar-refractivity contribution in [1.29, 1.82) is 0 Å². The van der Waals surface area contributed by atoms with E-state index in [2.05, 4.69) is 10.3 Å². The molecular formula is C17H23N3O3. The number of nitrogens with zero attached hydrogens (tertiary/aromatic N) is 2. The number of hydrogen-bond donors (Lipinski definition) is 1. The predicted molar refractivity (Wildman–Crippen MR) is 87.0 cm³/mol. The van der Waals surface area contributed by atoms with Crippen molar-refractivity contribution in [1.82, 2.24) is 14.9 Å². The molecule has 1 aromatic heterocycles. The molecule has 1 N–H and O–H groups in total. The first-order valence-corrected chi connectivity index (χ1v) is 8.10. The van der Waals surface area contributed by atoms with Crippen molar-refractivity contribution in [3.63, 3.8) is 0 Å². The molecule has 2 heterocycles. The minimum Gasteiger partial charge on any atom is -0.376 e. The van der Waals surface area contributed by atoms with Crippen molar-refractivity contribution in [2.45, 2.75) is 31.9 Å². The van der Waals surface area contributed by atoms with Gasteiger partial charge in [-0.25, -0.2) is 4.98 Å². The zero-order valence-corrected chi connectivity index (χ0v) is 13.5. The van der Waals surface area contributed by atoms with Crippen molar-refractivity contribution in [2.75, 3.05) is 19.8 Å². The fourth-order valence-corrected chi connectivity index (χ4v) is 2.80. The number of nitrogens with one attached hydrogen (secondary N) is 1. The lowest BCUT2D eigenvalue weighted by Gasteiger charge is -2.22. The number of hydrogen-bond acceptors (Lipinski definition) is 4. The van der Waals surface area contributed by atoms with Crippen LogP contribution in [0.25, 0.3) is 11.0 Å². The number of imidazole rings is 1. The quantitative estimate of drug-likeness (QED) is 0.882. The lowest BCUT2D eigenvalue weighted by atomic mass is 10.1. The van der Waals surface area contributed by atoms with Gasteiger partial charge in [-0.15, -0.1) is 0 Å². The number of amides is 1. The second-order valence-corrected chi connectivity index (χ2v) is 5.86. The van der Waals surface area contributed by atoms with Crippen LogP contribution in [0.15, 0.2) is 24.3 Å². The predicted octanol–water partition coefficient (Wildman–Crippen LogP) is 1.78. The number of carbonyl (C=O) groups is 1. The van der Waals surface area contributed by atoms with Gasteiger partial charge in [0, 0.05) is 13.7 Å². The van der Waals surface area contributed by atoms with Crippen LogP contribution in [0.2, 0.25) is 0 Å². The maximum atomic E-state index is 11.9. The maximum absolute atomic E-state index is 11.9. The Morgan fingerprint density at radius 1 is 1.43 bits per heavy atom. The topological polar surface area (TPSA) is 65.4 Å². The average Bonchev–Trinajstić information content (AvgIpc) is 2.90. The van der Waals surface area contributed by atoms with Gasteiger partial charge in [0.15, 0.2) is 0 Å². The number of rotatable bonds is 6. The molecule has 1 atom stereocenters. The summed E-state index contributed by atoms with van der Waals surface area (Å²) < 4.78 is 13.0. The van der Waals surface area contributed by atoms with Crippen LogP contribution in [0.3, 0.4) is 0 Å². The zero-order valence-electron chi connectivity index (χ0n) is 13.5. The van der Waals surface area contributed by atoms with Crippen LogP contribution in [-0.4, -0.2) is 41.4 Å². The van der Waals surface area contributed by atoms with E-state index in [-0.39, 0.29) is 18.6 Å². The molecule has 1 aliphatic heterocycles. The number of aryl methyl sites for hydroxylation is 1. The van der Waals surface area contributed by atoms with Gasteiger partial charge in [0.2, 0.25) is 5.91 Å². The molecule has 23 heavy (non-hydrogen) atoms. The summed E-state index contributed by atoms with van der Waals surface area (Å²) in [6.07, 6.45) is 3.44. The lowest BCUT2D eigenvalue weighted by Crippen LogP contribution is -2.31. The number of carbonyl (C=O) groups excluding carboxylic acids is 1. The van der Waals surface area contributed by atoms with Gasteiger partial charge in [-0.05, 0) is 31.4 Å². The number of para-hydroxylation sites is 2. The van der Waals surface area contributed by atoms with Crippen LogP contribution in [0, 0.1) is 0 Å². The van der Waals surface area contributed by atoms with Crippen LogP contribution >= 0.6 is 0 Å². The average molecular weight is 317 g/mol. The van der Waals surface area contributed by atoms with Gasteiger partial charge in [-0.1, -0.05) is 12.1 Å². The minimum absolute atomic E-state index is 0.0593. The molecule has 1 unspecified atom stereocenters. The Hall–Kier alpha value is -1.92. The standard InChI is InChI=1S/C17H23N3O3/c1-20-15-8-3-2-7-14(15)19-16(20)10-18-17(21)12-22-11-13-6-4-5-9-23-13/h2-3,7-8,13H,4-6,9-12H2,1H3,(H,18,21). The SMILES string of the molecule is Cn1c(CNC(=O)COCC2CCCCO2)nc2ccccc21. The van der Waals surface area contributed by atoms with Crippen LogP contribution in [0.5, 0.6) is 0 Å². The molecule has 2 aromatic rings. The first kappa shape index (κ1) is 16.0. The highest BCUT2D eigenvalue weighted by molar-refractivity contribution is 5.78. The second-order valence-electron chi connectivity index (χ2n) is 5.86. The van der Waals surface area contributed by atoms with Gasteiger partial charge >= 0.3 is 0 Å². The van der Waals surface area contributed by atoms with Crippen LogP contribution < -0.4 is 5.32 Å². The third-order valence-corrected chi connectivity index (χ3v) is 4.13. The van der Waals surface area contributed by atoms with E-state index in [9.17, 15) is 4.79 Å². The first-order valence-electron chi connectivity index (χ1n) is 8.10. The summed E-state index contributed by atoms with van der Waals surface area (Å²) in [5.74, 6) is 0.697. The third kappa shape index (κ3) is 4.09. The van der Waals surface area contributed by atoms with Gasteiger partial charge in [-0.2, -0.15) is 0 Å². The second kappa shape index (κ2) is 7.57. The van der Waals surface area contributed by atoms with E-state index in [0.717, 1.165) is 36.3 Å². The zero-order chi connectivity index (χ0) is 16.1. The largest absolute Gasteiger partial charge is 0.376 e. The number of aromatic nitrogens is 2. The number of ether oxygens (including phenoxy) is 2. The maximum Gasteiger partial charge on any atom is 0.246 e. The van der Waals surface area contributed by atoms with Gasteiger partial charge in [0.05, 0.1) is 30.3 Å². The van der Waals surface area contributed by atoms with Gasteiger partial charge in [-0.3, -0.25) is 4.79 Å². The van der Waals surface area contributed by atoms with Crippen molar-refractivity contribution in [3.8, 4) is 0 Å². The van der Waals surface area contributed by atoms with Crippen LogP contribution in [0.1, 0.15) is 25.1 Å². The van der Waals surface area contributed by atoms with E-state index in [1.165, 1.54) is 6.42 Å². The minimum atomic E-state index is -0.132. The molecule has 0 spiro atoms. The Labute approximate surface area is 135 Å². The fraction of sp³-hybridized carbons (Fsp3) is 0.529. The van der Waals surface area contributed by atoms with Crippen LogP contribution in [0.4, 0.5) is 0 Å². The molecule has 1 aromatic carbocycles. The smallest absolute Gasteiger partial charge is 0.246 e. The van der Waals surface area contributed by atoms with E-state index in [1.807, 2.05) is 35.9 Å². The highest BCUT2D eigenvalue weighted by atomic mass is 16.5. The highest BCUT2D eigenvalue weighted by Gasteiger charge is 2.14. The van der Waals surface area contributed by atoms with Crippen molar-refractivity contribution in [2.24, 2.45) is 7.05 Å². The molecule has 6 nitrogen and oxygen atoms in total. The summed E-state index contributed by atoms with van der Waals surface area (Å²) in [5.41, 5.74) is 1.99. The van der Waals surface area contributed by atoms with E-state index in [0.29, 0.717) is 13.2 Å². The van der Waals surface area contributed by atoms with Crippen molar-refractivity contribution in [3.05, 3.63) is 30.1 Å². The molecule has 3 rings (SSSR count). The van der Waals surface area contributed by atoms with E-state index in [1.54, 1.807) is 0 Å². The highest BCUT2D eigenvalue weighted by Crippen LogP contribution is 2.14. The summed E-state index contributed by atoms with van der Waals surface area (Å²) in [4.78, 5) is 16.4. The molecule has 1 fully saturated rings. The summed E-state index contributed by atoms with van der Waals surface area (Å²) in [6, 6.07) is 7.92. The van der Waals surface area contributed by atoms with Crippen molar-refractivity contribution >= 4 is 16.9 Å². The Balaban J connectivity index is 1.43. The van der Waals surface area contributed by atoms with Crippen LogP contribution in [-0.2, 0) is 27.9 Å². The molecule has 0 bridgehead atoms. The Kier molecular flexibility index (Phi) is 5.25. The van der Waals surface area contributed by atoms with Crippen molar-refractivity contribution < 1.29 is 14.3 Å². The third-order valence-electron chi connectivity index (χ3n) is 4.13. The summed E-state index contributed by atoms with van der Waals surface area (Å²) in [7, 11) is 1.95. The monoisotopic (exact) mass is 317 g/mol. The molecule has 0 aliphatic carbocycles. The van der Waals surface area contributed by atoms with Gasteiger partial charge in [0.1, 0.15) is 12.4 Å². The normalized spacial score (nSPS) is 18.2. The Morgan fingerprint density at radius 3 is 3.09 bits per heavy atom. The molecule has 1 saturated heterocycles. The lowest BCUT2D eigenvalue weighted by molar-refractivity contribution is -0.128. The summed E-state index contributed by atoms with van der Waals surface area (Å²) in [6.45, 7) is 1.74. The molecule has 124 valence electrons. The Morgan fingerprint density at radius 2 is 2.30 bits per heavy atom. The summed E-state index contributed by atoms with van der Waals surface area (Å²) >= 11 is 0. The molecule has 0 saturated carbocycles. The van der Waals surface area contributed by atoms with E-state index >= 15 is 0 Å². The van der Waals surface area contributed by atoms with Gasteiger partial charge < -0.3 is 19.4 Å². The fourth-order valence-electron chi connectivity index (χ4n) is 2.80. The van der Waals surface area contributed by atoms with E-state index in [4.69, 9.17) is 9.47 Å². The molecular weight excluding hydrogens is 294 g/mol. The molecule has 0 radical (unpaired) electrons. The number of fused-ring (bicyclic) bond motifs is 1. The Bertz CT molecular complexity index is 662. The first-order chi connectivity index (χ1) is 11.2. The molecule has 1 amide bonds.